The van der Waals surface area contributed by atoms with Crippen molar-refractivity contribution in [1.29, 1.82) is 0 Å². The maximum absolute atomic E-state index is 3.85. The van der Waals surface area contributed by atoms with Gasteiger partial charge in [0.05, 0.1) is 3.23 Å². The Balaban J connectivity index is 3.37. The molecule has 0 aromatic carbocycles. The summed E-state index contributed by atoms with van der Waals surface area (Å²) < 4.78 is 0.219. The van der Waals surface area contributed by atoms with Crippen LogP contribution in [0.4, 0.5) is 0 Å². The van der Waals surface area contributed by atoms with Gasteiger partial charge >= 0.3 is 0 Å². The number of rotatable bonds is 13. The molecule has 110 valence electrons. The lowest BCUT2D eigenvalue weighted by Gasteiger charge is -2.20. The van der Waals surface area contributed by atoms with E-state index in [4.69, 9.17) is 0 Å². The average Bonchev–Trinajstić information content (AvgIpc) is 2.33. The predicted molar refractivity (Wildman–Crippen MR) is 92.0 cm³/mol. The lowest BCUT2D eigenvalue weighted by atomic mass is 10.0. The maximum atomic E-state index is 3.85. The number of alkyl halides is 2. The second-order valence-electron chi connectivity index (χ2n) is 5.54. The highest BCUT2D eigenvalue weighted by Crippen LogP contribution is 2.37. The zero-order chi connectivity index (χ0) is 13.7. The van der Waals surface area contributed by atoms with E-state index in [0.717, 1.165) is 0 Å². The SMILES string of the molecule is CCCCCCCCC(Br)(Br)CCCCCCC. The van der Waals surface area contributed by atoms with E-state index in [1.807, 2.05) is 0 Å². The summed E-state index contributed by atoms with van der Waals surface area (Å²) in [4.78, 5) is 0. The molecule has 0 fully saturated rings. The van der Waals surface area contributed by atoms with Crippen LogP contribution in [-0.4, -0.2) is 3.23 Å². The summed E-state index contributed by atoms with van der Waals surface area (Å²) >= 11 is 7.70. The number of unbranched alkanes of at least 4 members (excludes halogenated alkanes) is 9. The van der Waals surface area contributed by atoms with Crippen LogP contribution in [0.1, 0.15) is 97.3 Å². The summed E-state index contributed by atoms with van der Waals surface area (Å²) in [5.74, 6) is 0. The smallest absolute Gasteiger partial charge is 0.0727 e. The molecular weight excluding hydrogens is 352 g/mol. The fraction of sp³-hybridized carbons (Fsp3) is 1.00. The zero-order valence-electron chi connectivity index (χ0n) is 12.4. The zero-order valence-corrected chi connectivity index (χ0v) is 15.6. The highest BCUT2D eigenvalue weighted by Gasteiger charge is 2.20. The maximum Gasteiger partial charge on any atom is 0.0805 e. The number of hydrogen-bond donors (Lipinski definition) is 0. The largest absolute Gasteiger partial charge is 0.0805 e. The predicted octanol–water partition coefficient (Wildman–Crippen LogP) is 7.58. The van der Waals surface area contributed by atoms with Crippen LogP contribution in [0.3, 0.4) is 0 Å². The van der Waals surface area contributed by atoms with E-state index in [1.54, 1.807) is 0 Å². The Kier molecular flexibility index (Phi) is 13.7. The van der Waals surface area contributed by atoms with Gasteiger partial charge in [0.1, 0.15) is 0 Å². The van der Waals surface area contributed by atoms with E-state index >= 15 is 0 Å². The van der Waals surface area contributed by atoms with Gasteiger partial charge in [-0.05, 0) is 12.8 Å². The van der Waals surface area contributed by atoms with E-state index in [9.17, 15) is 0 Å². The molecule has 0 spiro atoms. The van der Waals surface area contributed by atoms with Crippen molar-refractivity contribution < 1.29 is 0 Å². The van der Waals surface area contributed by atoms with Gasteiger partial charge in [0, 0.05) is 0 Å². The molecule has 0 aliphatic rings. The number of hydrogen-bond acceptors (Lipinski definition) is 0. The minimum Gasteiger partial charge on any atom is -0.0727 e. The second kappa shape index (κ2) is 13.0. The Hall–Kier alpha value is 0.960. The van der Waals surface area contributed by atoms with Crippen molar-refractivity contribution in [3.05, 3.63) is 0 Å². The van der Waals surface area contributed by atoms with E-state index in [0.29, 0.717) is 0 Å². The Morgan fingerprint density at radius 1 is 0.556 bits per heavy atom. The summed E-state index contributed by atoms with van der Waals surface area (Å²) in [6.45, 7) is 4.55. The lowest BCUT2D eigenvalue weighted by Crippen LogP contribution is -2.10. The van der Waals surface area contributed by atoms with Gasteiger partial charge in [0.2, 0.25) is 0 Å². The van der Waals surface area contributed by atoms with Gasteiger partial charge in [-0.15, -0.1) is 0 Å². The molecular formula is C16H32Br2. The molecule has 0 nitrogen and oxygen atoms in total. The molecule has 0 bridgehead atoms. The fourth-order valence-corrected chi connectivity index (χ4v) is 3.40. The fourth-order valence-electron chi connectivity index (χ4n) is 2.28. The van der Waals surface area contributed by atoms with Crippen LogP contribution in [0.5, 0.6) is 0 Å². The molecule has 0 aliphatic heterocycles. The molecule has 2 heteroatoms. The lowest BCUT2D eigenvalue weighted by molar-refractivity contribution is 0.537. The third-order valence-corrected chi connectivity index (χ3v) is 5.13. The molecule has 0 radical (unpaired) electrons. The molecule has 0 aromatic heterocycles. The molecule has 0 aromatic rings. The summed E-state index contributed by atoms with van der Waals surface area (Å²) in [5, 5.41) is 0. The topological polar surface area (TPSA) is 0 Å². The molecule has 0 atom stereocenters. The second-order valence-corrected chi connectivity index (χ2v) is 9.64. The third-order valence-electron chi connectivity index (χ3n) is 3.54. The van der Waals surface area contributed by atoms with Crippen LogP contribution >= 0.6 is 31.9 Å². The molecule has 0 saturated carbocycles. The Labute approximate surface area is 132 Å². The third kappa shape index (κ3) is 13.4. The Morgan fingerprint density at radius 2 is 0.889 bits per heavy atom. The molecule has 0 amide bonds. The molecule has 0 heterocycles. The molecule has 0 unspecified atom stereocenters. The monoisotopic (exact) mass is 382 g/mol. The first-order valence-corrected chi connectivity index (χ1v) is 9.59. The summed E-state index contributed by atoms with van der Waals surface area (Å²) in [5.41, 5.74) is 0. The van der Waals surface area contributed by atoms with E-state index < -0.39 is 0 Å². The highest BCUT2D eigenvalue weighted by molar-refractivity contribution is 9.25. The molecule has 0 saturated heterocycles. The van der Waals surface area contributed by atoms with Crippen LogP contribution in [0.15, 0.2) is 0 Å². The van der Waals surface area contributed by atoms with Gasteiger partial charge in [0.15, 0.2) is 0 Å². The van der Waals surface area contributed by atoms with Gasteiger partial charge < -0.3 is 0 Å². The van der Waals surface area contributed by atoms with Crippen molar-refractivity contribution in [1.82, 2.24) is 0 Å². The van der Waals surface area contributed by atoms with Crippen molar-refractivity contribution >= 4 is 31.9 Å². The molecule has 0 aliphatic carbocycles. The quantitative estimate of drug-likeness (QED) is 0.227. The van der Waals surface area contributed by atoms with E-state index in [2.05, 4.69) is 45.7 Å². The van der Waals surface area contributed by atoms with Gasteiger partial charge in [-0.25, -0.2) is 0 Å². The van der Waals surface area contributed by atoms with Crippen molar-refractivity contribution in [2.75, 3.05) is 0 Å². The van der Waals surface area contributed by atoms with Gasteiger partial charge in [0.25, 0.3) is 0 Å². The minimum absolute atomic E-state index is 0.219. The van der Waals surface area contributed by atoms with E-state index in [-0.39, 0.29) is 3.23 Å². The minimum atomic E-state index is 0.219. The van der Waals surface area contributed by atoms with Crippen molar-refractivity contribution in [3.63, 3.8) is 0 Å². The van der Waals surface area contributed by atoms with Crippen molar-refractivity contribution in [3.8, 4) is 0 Å². The first-order valence-electron chi connectivity index (χ1n) is 8.00. The van der Waals surface area contributed by atoms with Gasteiger partial charge in [-0.2, -0.15) is 0 Å². The summed E-state index contributed by atoms with van der Waals surface area (Å²) in [7, 11) is 0. The summed E-state index contributed by atoms with van der Waals surface area (Å²) in [6, 6.07) is 0. The van der Waals surface area contributed by atoms with Crippen molar-refractivity contribution in [2.45, 2.75) is 101 Å². The highest BCUT2D eigenvalue weighted by atomic mass is 79.9. The van der Waals surface area contributed by atoms with Crippen LogP contribution in [0.25, 0.3) is 0 Å². The van der Waals surface area contributed by atoms with Crippen LogP contribution in [0.2, 0.25) is 0 Å². The van der Waals surface area contributed by atoms with Gasteiger partial charge in [-0.1, -0.05) is 116 Å². The Bertz CT molecular complexity index is 166. The van der Waals surface area contributed by atoms with Crippen LogP contribution < -0.4 is 0 Å². The van der Waals surface area contributed by atoms with Crippen molar-refractivity contribution in [2.24, 2.45) is 0 Å². The number of halogens is 2. The summed E-state index contributed by atoms with van der Waals surface area (Å²) in [6.07, 6.45) is 17.8. The molecule has 0 rings (SSSR count). The van der Waals surface area contributed by atoms with Crippen LogP contribution in [0, 0.1) is 0 Å². The molecule has 0 N–H and O–H groups in total. The van der Waals surface area contributed by atoms with E-state index in [1.165, 1.54) is 83.5 Å². The first-order chi connectivity index (χ1) is 8.62. The van der Waals surface area contributed by atoms with Crippen LogP contribution in [-0.2, 0) is 0 Å². The first kappa shape index (κ1) is 19.0. The average molecular weight is 384 g/mol. The standard InChI is InChI=1S/C16H32Br2/c1-3-5-7-9-11-13-15-16(17,18)14-12-10-8-6-4-2/h3-15H2,1-2H3. The van der Waals surface area contributed by atoms with Gasteiger partial charge in [-0.3, -0.25) is 0 Å². The Morgan fingerprint density at radius 3 is 1.28 bits per heavy atom. The normalized spacial score (nSPS) is 12.0. The molecule has 18 heavy (non-hydrogen) atoms.